The van der Waals surface area contributed by atoms with Gasteiger partial charge in [0, 0.05) is 13.2 Å². The molecule has 0 radical (unpaired) electrons. The summed E-state index contributed by atoms with van der Waals surface area (Å²) in [5, 5.41) is 17.5. The molecule has 2 atom stereocenters. The maximum atomic E-state index is 8.95. The van der Waals surface area contributed by atoms with Crippen LogP contribution in [0.2, 0.25) is 0 Å². The summed E-state index contributed by atoms with van der Waals surface area (Å²) < 4.78 is 0. The summed E-state index contributed by atoms with van der Waals surface area (Å²) in [7, 11) is 0. The second kappa shape index (κ2) is 11.0. The molecule has 0 aliphatic rings. The standard InChI is InChI=1S/C9H20O.C6H14O/c1-7(2)5-9(6-10)8(3)4;1-5(2)6(3)4-7/h7-10H,5-6H2,1-4H3;5-7H,4H2,1-3H3. The maximum absolute atomic E-state index is 8.95. The van der Waals surface area contributed by atoms with Crippen LogP contribution in [0.4, 0.5) is 0 Å². The monoisotopic (exact) mass is 246 g/mol. The van der Waals surface area contributed by atoms with Crippen molar-refractivity contribution in [2.24, 2.45) is 29.6 Å². The highest BCUT2D eigenvalue weighted by Crippen LogP contribution is 2.18. The topological polar surface area (TPSA) is 40.5 Å². The highest BCUT2D eigenvalue weighted by atomic mass is 16.3. The highest BCUT2D eigenvalue weighted by molar-refractivity contribution is 4.63. The van der Waals surface area contributed by atoms with Crippen molar-refractivity contribution >= 4 is 0 Å². The van der Waals surface area contributed by atoms with Gasteiger partial charge >= 0.3 is 0 Å². The fourth-order valence-corrected chi connectivity index (χ4v) is 1.37. The first-order chi connectivity index (χ1) is 7.76. The van der Waals surface area contributed by atoms with E-state index < -0.39 is 0 Å². The molecule has 106 valence electrons. The Bertz CT molecular complexity index is 153. The Kier molecular flexibility index (Phi) is 12.5. The SMILES string of the molecule is CC(C)C(C)CO.CC(C)CC(CO)C(C)C. The van der Waals surface area contributed by atoms with Crippen LogP contribution in [0.5, 0.6) is 0 Å². The van der Waals surface area contributed by atoms with E-state index in [2.05, 4.69) is 41.5 Å². The minimum atomic E-state index is 0.317. The third-order valence-electron chi connectivity index (χ3n) is 3.38. The van der Waals surface area contributed by atoms with E-state index in [-0.39, 0.29) is 0 Å². The van der Waals surface area contributed by atoms with Gasteiger partial charge in [-0.05, 0) is 36.0 Å². The normalized spacial score (nSPS) is 14.8. The van der Waals surface area contributed by atoms with E-state index in [1.54, 1.807) is 0 Å². The molecule has 2 N–H and O–H groups in total. The number of rotatable bonds is 6. The van der Waals surface area contributed by atoms with Gasteiger partial charge in [-0.15, -0.1) is 0 Å². The summed E-state index contributed by atoms with van der Waals surface area (Å²) in [5.41, 5.74) is 0. The Labute approximate surface area is 108 Å². The van der Waals surface area contributed by atoms with Crippen LogP contribution in [0.25, 0.3) is 0 Å². The van der Waals surface area contributed by atoms with Gasteiger partial charge in [0.25, 0.3) is 0 Å². The number of aliphatic hydroxyl groups excluding tert-OH is 2. The molecule has 0 bridgehead atoms. The van der Waals surface area contributed by atoms with Gasteiger partial charge in [0.1, 0.15) is 0 Å². The Morgan fingerprint density at radius 2 is 1.18 bits per heavy atom. The summed E-state index contributed by atoms with van der Waals surface area (Å²) >= 11 is 0. The molecular weight excluding hydrogens is 212 g/mol. The van der Waals surface area contributed by atoms with Gasteiger partial charge in [0.2, 0.25) is 0 Å². The van der Waals surface area contributed by atoms with Crippen molar-refractivity contribution in [2.75, 3.05) is 13.2 Å². The zero-order chi connectivity index (χ0) is 14.0. The van der Waals surface area contributed by atoms with E-state index in [4.69, 9.17) is 10.2 Å². The quantitative estimate of drug-likeness (QED) is 0.752. The van der Waals surface area contributed by atoms with E-state index in [9.17, 15) is 0 Å². The van der Waals surface area contributed by atoms with Crippen LogP contribution in [-0.4, -0.2) is 23.4 Å². The largest absolute Gasteiger partial charge is 0.396 e. The molecule has 0 heterocycles. The Balaban J connectivity index is 0. The zero-order valence-electron chi connectivity index (χ0n) is 12.9. The lowest BCUT2D eigenvalue weighted by Gasteiger charge is -2.19. The van der Waals surface area contributed by atoms with E-state index in [1.807, 2.05) is 6.92 Å². The van der Waals surface area contributed by atoms with Crippen LogP contribution in [0.3, 0.4) is 0 Å². The first-order valence-electron chi connectivity index (χ1n) is 6.97. The summed E-state index contributed by atoms with van der Waals surface area (Å²) in [6, 6.07) is 0. The van der Waals surface area contributed by atoms with Crippen LogP contribution >= 0.6 is 0 Å². The smallest absolute Gasteiger partial charge is 0.0461 e. The van der Waals surface area contributed by atoms with Gasteiger partial charge in [-0.3, -0.25) is 0 Å². The van der Waals surface area contributed by atoms with Crippen LogP contribution in [0, 0.1) is 29.6 Å². The summed E-state index contributed by atoms with van der Waals surface area (Å²) in [5.74, 6) is 2.90. The molecule has 2 unspecified atom stereocenters. The van der Waals surface area contributed by atoms with Crippen molar-refractivity contribution < 1.29 is 10.2 Å². The summed E-state index contributed by atoms with van der Waals surface area (Å²) in [6.45, 7) is 15.7. The molecule has 0 saturated carbocycles. The molecule has 0 aliphatic heterocycles. The molecule has 0 fully saturated rings. The van der Waals surface area contributed by atoms with Gasteiger partial charge in [-0.2, -0.15) is 0 Å². The van der Waals surface area contributed by atoms with Gasteiger partial charge in [-0.1, -0.05) is 48.5 Å². The van der Waals surface area contributed by atoms with Crippen molar-refractivity contribution in [1.29, 1.82) is 0 Å². The van der Waals surface area contributed by atoms with Crippen molar-refractivity contribution in [3.8, 4) is 0 Å². The fourth-order valence-electron chi connectivity index (χ4n) is 1.37. The molecule has 0 aliphatic carbocycles. The minimum absolute atomic E-state index is 0.317. The second-order valence-corrected chi connectivity index (χ2v) is 6.22. The van der Waals surface area contributed by atoms with E-state index in [0.717, 1.165) is 6.42 Å². The predicted octanol–water partition coefficient (Wildman–Crippen LogP) is 3.57. The molecule has 0 spiro atoms. The molecule has 17 heavy (non-hydrogen) atoms. The van der Waals surface area contributed by atoms with Crippen LogP contribution in [0.1, 0.15) is 54.9 Å². The lowest BCUT2D eigenvalue weighted by molar-refractivity contribution is 0.168. The van der Waals surface area contributed by atoms with Gasteiger partial charge in [0.15, 0.2) is 0 Å². The molecule has 0 aromatic rings. The molecular formula is C15H34O2. The van der Waals surface area contributed by atoms with Crippen LogP contribution < -0.4 is 0 Å². The molecule has 0 aromatic carbocycles. The van der Waals surface area contributed by atoms with Gasteiger partial charge in [0.05, 0.1) is 0 Å². The predicted molar refractivity (Wildman–Crippen MR) is 76.0 cm³/mol. The Morgan fingerprint density at radius 1 is 0.706 bits per heavy atom. The maximum Gasteiger partial charge on any atom is 0.0461 e. The van der Waals surface area contributed by atoms with E-state index in [0.29, 0.717) is 42.8 Å². The lowest BCUT2D eigenvalue weighted by Crippen LogP contribution is -2.15. The average Bonchev–Trinajstić information content (AvgIpc) is 2.24. The molecule has 0 saturated heterocycles. The van der Waals surface area contributed by atoms with Gasteiger partial charge < -0.3 is 10.2 Å². The lowest BCUT2D eigenvalue weighted by atomic mass is 9.88. The molecule has 0 rings (SSSR count). The third kappa shape index (κ3) is 12.2. The van der Waals surface area contributed by atoms with Crippen molar-refractivity contribution in [1.82, 2.24) is 0 Å². The Hall–Kier alpha value is -0.0800. The first kappa shape index (κ1) is 19.3. The summed E-state index contributed by atoms with van der Waals surface area (Å²) in [4.78, 5) is 0. The number of hydrogen-bond acceptors (Lipinski definition) is 2. The zero-order valence-corrected chi connectivity index (χ0v) is 12.9. The van der Waals surface area contributed by atoms with Crippen molar-refractivity contribution in [3.63, 3.8) is 0 Å². The minimum Gasteiger partial charge on any atom is -0.396 e. The summed E-state index contributed by atoms with van der Waals surface area (Å²) in [6.07, 6.45) is 1.15. The molecule has 0 aromatic heterocycles. The first-order valence-corrected chi connectivity index (χ1v) is 6.97. The van der Waals surface area contributed by atoms with Gasteiger partial charge in [-0.25, -0.2) is 0 Å². The van der Waals surface area contributed by atoms with Crippen molar-refractivity contribution in [3.05, 3.63) is 0 Å². The Morgan fingerprint density at radius 3 is 1.24 bits per heavy atom. The average molecular weight is 246 g/mol. The third-order valence-corrected chi connectivity index (χ3v) is 3.38. The number of aliphatic hydroxyl groups is 2. The number of hydrogen-bond donors (Lipinski definition) is 2. The molecule has 2 nitrogen and oxygen atoms in total. The second-order valence-electron chi connectivity index (χ2n) is 6.22. The van der Waals surface area contributed by atoms with E-state index in [1.165, 1.54) is 0 Å². The molecule has 2 heteroatoms. The van der Waals surface area contributed by atoms with E-state index >= 15 is 0 Å². The van der Waals surface area contributed by atoms with Crippen LogP contribution in [-0.2, 0) is 0 Å². The van der Waals surface area contributed by atoms with Crippen LogP contribution in [0.15, 0.2) is 0 Å². The fraction of sp³-hybridized carbons (Fsp3) is 1.00. The highest BCUT2D eigenvalue weighted by Gasteiger charge is 2.12. The molecule has 0 amide bonds. The van der Waals surface area contributed by atoms with Crippen molar-refractivity contribution in [2.45, 2.75) is 54.9 Å².